The predicted octanol–water partition coefficient (Wildman–Crippen LogP) is 3.79. The number of ether oxygens (including phenoxy) is 2. The maximum atomic E-state index is 13.1. The number of nitrogens with zero attached hydrogens (tertiary/aromatic N) is 1. The van der Waals surface area contributed by atoms with Gasteiger partial charge in [-0.05, 0) is 62.2 Å². The van der Waals surface area contributed by atoms with Crippen LogP contribution < -0.4 is 14.8 Å². The number of benzene rings is 2. The zero-order valence-corrected chi connectivity index (χ0v) is 18.5. The van der Waals surface area contributed by atoms with Crippen molar-refractivity contribution in [3.8, 4) is 11.5 Å². The summed E-state index contributed by atoms with van der Waals surface area (Å²) in [6.07, 6.45) is 1.22. The number of sulfonamides is 1. The topological polar surface area (TPSA) is 84.9 Å². The van der Waals surface area contributed by atoms with Gasteiger partial charge in [0.05, 0.1) is 29.6 Å². The number of carbonyl (C=O) groups is 1. The Balaban J connectivity index is 1.71. The summed E-state index contributed by atoms with van der Waals surface area (Å²) < 4.78 is 38.0. The lowest BCUT2D eigenvalue weighted by molar-refractivity contribution is -0.120. The van der Waals surface area contributed by atoms with Crippen LogP contribution in [0.15, 0.2) is 47.4 Å². The first kappa shape index (κ1) is 22.4. The highest BCUT2D eigenvalue weighted by Crippen LogP contribution is 2.30. The number of piperidine rings is 1. The van der Waals surface area contributed by atoms with E-state index in [1.54, 1.807) is 37.4 Å². The molecule has 1 amide bonds. The molecule has 3 rings (SSSR count). The van der Waals surface area contributed by atoms with Crippen LogP contribution in [0, 0.1) is 5.92 Å². The summed E-state index contributed by atoms with van der Waals surface area (Å²) in [4.78, 5) is 12.8. The van der Waals surface area contributed by atoms with Crippen molar-refractivity contribution >= 4 is 33.2 Å². The van der Waals surface area contributed by atoms with Crippen LogP contribution in [0.1, 0.15) is 19.8 Å². The number of hydrogen-bond acceptors (Lipinski definition) is 5. The fourth-order valence-electron chi connectivity index (χ4n) is 3.36. The molecule has 0 spiro atoms. The van der Waals surface area contributed by atoms with E-state index in [1.165, 1.54) is 16.4 Å². The molecule has 1 N–H and O–H groups in total. The van der Waals surface area contributed by atoms with E-state index in [0.29, 0.717) is 43.2 Å². The number of hydrogen-bond donors (Lipinski definition) is 1. The number of carbonyl (C=O) groups excluding carboxylic acids is 1. The Bertz CT molecular complexity index is 995. The Hall–Kier alpha value is -2.29. The Morgan fingerprint density at radius 1 is 1.23 bits per heavy atom. The van der Waals surface area contributed by atoms with E-state index < -0.39 is 15.9 Å². The molecule has 2 aromatic rings. The number of nitrogens with one attached hydrogen (secondary N) is 1. The van der Waals surface area contributed by atoms with Gasteiger partial charge in [0.25, 0.3) is 0 Å². The van der Waals surface area contributed by atoms with Crippen molar-refractivity contribution in [3.05, 3.63) is 47.5 Å². The van der Waals surface area contributed by atoms with Crippen molar-refractivity contribution in [3.63, 3.8) is 0 Å². The minimum atomic E-state index is -3.77. The van der Waals surface area contributed by atoms with Crippen molar-refractivity contribution in [2.45, 2.75) is 24.7 Å². The number of anilines is 1. The summed E-state index contributed by atoms with van der Waals surface area (Å²) in [5.41, 5.74) is 0.638. The number of methoxy groups -OCH3 is 1. The second-order valence-electron chi connectivity index (χ2n) is 6.95. The van der Waals surface area contributed by atoms with Crippen molar-refractivity contribution in [1.29, 1.82) is 0 Å². The van der Waals surface area contributed by atoms with Gasteiger partial charge in [-0.3, -0.25) is 4.79 Å². The van der Waals surface area contributed by atoms with Crippen LogP contribution in [-0.2, 0) is 14.8 Å². The zero-order valence-electron chi connectivity index (χ0n) is 16.9. The Morgan fingerprint density at radius 2 is 1.97 bits per heavy atom. The van der Waals surface area contributed by atoms with Crippen LogP contribution in [0.5, 0.6) is 11.5 Å². The van der Waals surface area contributed by atoms with Gasteiger partial charge in [0.2, 0.25) is 15.9 Å². The molecule has 0 saturated carbocycles. The van der Waals surface area contributed by atoms with E-state index in [0.717, 1.165) is 0 Å². The molecule has 0 unspecified atom stereocenters. The molecule has 1 heterocycles. The fraction of sp³-hybridized carbons (Fsp3) is 0.381. The largest absolute Gasteiger partial charge is 0.497 e. The quantitative estimate of drug-likeness (QED) is 0.690. The van der Waals surface area contributed by atoms with Gasteiger partial charge < -0.3 is 14.8 Å². The van der Waals surface area contributed by atoms with E-state index in [1.807, 2.05) is 6.92 Å². The van der Waals surface area contributed by atoms with Crippen LogP contribution >= 0.6 is 11.6 Å². The number of amides is 1. The van der Waals surface area contributed by atoms with Gasteiger partial charge in [0.1, 0.15) is 11.5 Å². The summed E-state index contributed by atoms with van der Waals surface area (Å²) in [6.45, 7) is 2.74. The normalized spacial score (nSPS) is 17.4. The van der Waals surface area contributed by atoms with Crippen LogP contribution in [0.2, 0.25) is 5.02 Å². The lowest BCUT2D eigenvalue weighted by Gasteiger charge is -2.31. The maximum absolute atomic E-state index is 13.1. The molecule has 0 aliphatic carbocycles. The summed E-state index contributed by atoms with van der Waals surface area (Å²) >= 11 is 6.16. The third kappa shape index (κ3) is 5.06. The van der Waals surface area contributed by atoms with E-state index in [4.69, 9.17) is 21.1 Å². The molecular formula is C21H25ClN2O5S. The standard InChI is InChI=1S/C21H25ClN2O5S/c1-3-29-20-11-10-18(13-19(20)22)30(26,27)24-12-4-5-15(14-24)21(25)23-16-6-8-17(28-2)9-7-16/h6-11,13,15H,3-5,12,14H2,1-2H3,(H,23,25)/t15-/m0/s1. The van der Waals surface area contributed by atoms with Gasteiger partial charge in [0.15, 0.2) is 0 Å². The van der Waals surface area contributed by atoms with Gasteiger partial charge in [-0.25, -0.2) is 8.42 Å². The molecule has 7 nitrogen and oxygen atoms in total. The first-order valence-electron chi connectivity index (χ1n) is 9.72. The van der Waals surface area contributed by atoms with E-state index >= 15 is 0 Å². The van der Waals surface area contributed by atoms with Crippen molar-refractivity contribution < 1.29 is 22.7 Å². The molecule has 1 aliphatic rings. The highest BCUT2D eigenvalue weighted by atomic mass is 35.5. The van der Waals surface area contributed by atoms with Gasteiger partial charge in [0, 0.05) is 18.8 Å². The average Bonchev–Trinajstić information content (AvgIpc) is 2.76. The molecule has 1 atom stereocenters. The average molecular weight is 453 g/mol. The molecule has 30 heavy (non-hydrogen) atoms. The van der Waals surface area contributed by atoms with E-state index in [-0.39, 0.29) is 22.4 Å². The van der Waals surface area contributed by atoms with Crippen molar-refractivity contribution in [2.24, 2.45) is 5.92 Å². The summed E-state index contributed by atoms with van der Waals surface area (Å²) in [7, 11) is -2.20. The first-order valence-corrected chi connectivity index (χ1v) is 11.5. The smallest absolute Gasteiger partial charge is 0.243 e. The molecular weight excluding hydrogens is 428 g/mol. The fourth-order valence-corrected chi connectivity index (χ4v) is 5.21. The van der Waals surface area contributed by atoms with E-state index in [2.05, 4.69) is 5.32 Å². The minimum absolute atomic E-state index is 0.0900. The third-order valence-corrected chi connectivity index (χ3v) is 7.11. The summed E-state index contributed by atoms with van der Waals surface area (Å²) in [5.74, 6) is 0.490. The molecule has 0 bridgehead atoms. The molecule has 0 radical (unpaired) electrons. The van der Waals surface area contributed by atoms with Crippen molar-refractivity contribution in [1.82, 2.24) is 4.31 Å². The SMILES string of the molecule is CCOc1ccc(S(=O)(=O)N2CCC[C@H](C(=O)Nc3ccc(OC)cc3)C2)cc1Cl. The number of rotatable bonds is 7. The third-order valence-electron chi connectivity index (χ3n) is 4.95. The summed E-state index contributed by atoms with van der Waals surface area (Å²) in [6, 6.07) is 11.4. The monoisotopic (exact) mass is 452 g/mol. The molecule has 1 aliphatic heterocycles. The summed E-state index contributed by atoms with van der Waals surface area (Å²) in [5, 5.41) is 3.09. The molecule has 1 fully saturated rings. The highest BCUT2D eigenvalue weighted by molar-refractivity contribution is 7.89. The Labute approximate surface area is 182 Å². The first-order chi connectivity index (χ1) is 14.3. The van der Waals surface area contributed by atoms with Crippen molar-refractivity contribution in [2.75, 3.05) is 32.1 Å². The number of halogens is 1. The zero-order chi connectivity index (χ0) is 21.7. The second kappa shape index (κ2) is 9.68. The lowest BCUT2D eigenvalue weighted by atomic mass is 9.99. The predicted molar refractivity (Wildman–Crippen MR) is 116 cm³/mol. The molecule has 1 saturated heterocycles. The van der Waals surface area contributed by atoms with E-state index in [9.17, 15) is 13.2 Å². The lowest BCUT2D eigenvalue weighted by Crippen LogP contribution is -2.43. The molecule has 9 heteroatoms. The van der Waals surface area contributed by atoms with Gasteiger partial charge in [-0.1, -0.05) is 11.6 Å². The van der Waals surface area contributed by atoms with Gasteiger partial charge in [-0.2, -0.15) is 4.31 Å². The molecule has 162 valence electrons. The molecule has 2 aromatic carbocycles. The highest BCUT2D eigenvalue weighted by Gasteiger charge is 2.33. The molecule has 0 aromatic heterocycles. The van der Waals surface area contributed by atoms with Gasteiger partial charge >= 0.3 is 0 Å². The minimum Gasteiger partial charge on any atom is -0.497 e. The van der Waals surface area contributed by atoms with Crippen LogP contribution in [0.4, 0.5) is 5.69 Å². The second-order valence-corrected chi connectivity index (χ2v) is 9.29. The van der Waals surface area contributed by atoms with Crippen LogP contribution in [-0.4, -0.2) is 45.4 Å². The van der Waals surface area contributed by atoms with Crippen LogP contribution in [0.3, 0.4) is 0 Å². The Morgan fingerprint density at radius 3 is 2.60 bits per heavy atom. The Kier molecular flexibility index (Phi) is 7.23. The maximum Gasteiger partial charge on any atom is 0.243 e. The van der Waals surface area contributed by atoms with Crippen LogP contribution in [0.25, 0.3) is 0 Å². The van der Waals surface area contributed by atoms with Gasteiger partial charge in [-0.15, -0.1) is 0 Å².